The maximum Gasteiger partial charge on any atom is 0.00699 e. The van der Waals surface area contributed by atoms with Crippen LogP contribution in [0.25, 0.3) is 0 Å². The van der Waals surface area contributed by atoms with Gasteiger partial charge in [-0.05, 0) is 68.6 Å². The van der Waals surface area contributed by atoms with Crippen molar-refractivity contribution in [2.24, 2.45) is 23.7 Å². The zero-order valence-electron chi connectivity index (χ0n) is 17.3. The van der Waals surface area contributed by atoms with Gasteiger partial charge in [-0.15, -0.1) is 0 Å². The third-order valence-electron chi connectivity index (χ3n) is 8.44. The second kappa shape index (κ2) is 9.79. The lowest BCUT2D eigenvalue weighted by atomic mass is 9.63. The molecule has 1 atom stereocenters. The molecule has 26 heavy (non-hydrogen) atoms. The van der Waals surface area contributed by atoms with Crippen LogP contribution in [-0.2, 0) is 0 Å². The summed E-state index contributed by atoms with van der Waals surface area (Å²) in [6, 6.07) is 0. The van der Waals surface area contributed by atoms with Crippen molar-refractivity contribution in [2.75, 3.05) is 0 Å². The van der Waals surface area contributed by atoms with Crippen molar-refractivity contribution in [1.29, 1.82) is 0 Å². The molecule has 1 radical (unpaired) electrons. The van der Waals surface area contributed by atoms with Gasteiger partial charge in [0, 0.05) is 5.92 Å². The van der Waals surface area contributed by atoms with E-state index in [2.05, 4.69) is 6.08 Å². The van der Waals surface area contributed by atoms with Gasteiger partial charge in [0.2, 0.25) is 0 Å². The van der Waals surface area contributed by atoms with Crippen molar-refractivity contribution >= 4 is 0 Å². The topological polar surface area (TPSA) is 0 Å². The number of hydrogen-bond donors (Lipinski definition) is 0. The highest BCUT2D eigenvalue weighted by atomic mass is 14.4. The minimum Gasteiger partial charge on any atom is -0.0847 e. The van der Waals surface area contributed by atoms with Crippen LogP contribution in [0.4, 0.5) is 0 Å². The first-order valence-electron chi connectivity index (χ1n) is 12.5. The lowest BCUT2D eigenvalue weighted by molar-refractivity contribution is 0.245. The summed E-state index contributed by atoms with van der Waals surface area (Å²) >= 11 is 0. The summed E-state index contributed by atoms with van der Waals surface area (Å²) in [5, 5.41) is 0. The molecule has 0 aromatic carbocycles. The molecule has 1 unspecified atom stereocenters. The molecular weight excluding hydrogens is 312 g/mol. The largest absolute Gasteiger partial charge is 0.0847 e. The van der Waals surface area contributed by atoms with Crippen LogP contribution in [0.2, 0.25) is 0 Å². The van der Waals surface area contributed by atoms with Crippen LogP contribution in [0, 0.1) is 29.6 Å². The molecule has 0 bridgehead atoms. The zero-order chi connectivity index (χ0) is 17.6. The molecule has 0 aromatic rings. The Kier molecular flexibility index (Phi) is 7.18. The van der Waals surface area contributed by atoms with Crippen molar-refractivity contribution in [1.82, 2.24) is 0 Å². The van der Waals surface area contributed by atoms with Gasteiger partial charge in [0.1, 0.15) is 0 Å². The quantitative estimate of drug-likeness (QED) is 0.430. The standard InChI is InChI=1S/C26H43/c1-3-15-23(16-4-1)26(24-17-5-2-6-18-24)25(22-13-9-10-14-22)20-19-21-11-7-8-12-21/h15,21-22,24-25H,1-14,16-20H2. The van der Waals surface area contributed by atoms with Gasteiger partial charge in [0.25, 0.3) is 0 Å². The maximum atomic E-state index is 2.70. The molecule has 0 saturated heterocycles. The summed E-state index contributed by atoms with van der Waals surface area (Å²) in [5.41, 5.74) is 1.87. The predicted molar refractivity (Wildman–Crippen MR) is 113 cm³/mol. The molecule has 0 amide bonds. The van der Waals surface area contributed by atoms with Gasteiger partial charge in [-0.3, -0.25) is 0 Å². The molecular formula is C26H43. The summed E-state index contributed by atoms with van der Waals surface area (Å²) < 4.78 is 0. The first-order valence-corrected chi connectivity index (χ1v) is 12.5. The van der Waals surface area contributed by atoms with Gasteiger partial charge >= 0.3 is 0 Å². The fourth-order valence-corrected chi connectivity index (χ4v) is 7.04. The SMILES string of the molecule is C1=C([C](C2CCCCC2)C(CCC2CCCC2)C2CCCC2)CCCC1. The van der Waals surface area contributed by atoms with Crippen LogP contribution >= 0.6 is 0 Å². The predicted octanol–water partition coefficient (Wildman–Crippen LogP) is 8.42. The summed E-state index contributed by atoms with van der Waals surface area (Å²) in [4.78, 5) is 0. The van der Waals surface area contributed by atoms with Gasteiger partial charge in [-0.1, -0.05) is 88.7 Å². The van der Waals surface area contributed by atoms with Gasteiger partial charge in [-0.25, -0.2) is 0 Å². The molecule has 0 aliphatic heterocycles. The molecule has 0 N–H and O–H groups in total. The smallest absolute Gasteiger partial charge is 0.00699 e. The Bertz CT molecular complexity index is 429. The van der Waals surface area contributed by atoms with Gasteiger partial charge in [0.05, 0.1) is 0 Å². The molecule has 0 aromatic heterocycles. The maximum absolute atomic E-state index is 2.70. The van der Waals surface area contributed by atoms with Crippen LogP contribution in [-0.4, -0.2) is 0 Å². The van der Waals surface area contributed by atoms with E-state index in [-0.39, 0.29) is 0 Å². The van der Waals surface area contributed by atoms with Gasteiger partial charge < -0.3 is 0 Å². The van der Waals surface area contributed by atoms with Crippen molar-refractivity contribution in [2.45, 2.75) is 122 Å². The molecule has 0 heterocycles. The third-order valence-corrected chi connectivity index (χ3v) is 8.44. The Labute approximate surface area is 163 Å². The van der Waals surface area contributed by atoms with E-state index in [1.165, 1.54) is 83.5 Å². The molecule has 0 spiro atoms. The van der Waals surface area contributed by atoms with E-state index < -0.39 is 0 Å². The average Bonchev–Trinajstić information content (AvgIpc) is 3.40. The Morgan fingerprint density at radius 3 is 2.15 bits per heavy atom. The average molecular weight is 356 g/mol. The molecule has 3 fully saturated rings. The number of hydrogen-bond acceptors (Lipinski definition) is 0. The Hall–Kier alpha value is -0.260. The van der Waals surface area contributed by atoms with Crippen LogP contribution < -0.4 is 0 Å². The summed E-state index contributed by atoms with van der Waals surface area (Å²) in [7, 11) is 0. The van der Waals surface area contributed by atoms with E-state index in [1.807, 2.05) is 11.5 Å². The Balaban J connectivity index is 1.52. The first-order chi connectivity index (χ1) is 12.9. The van der Waals surface area contributed by atoms with E-state index in [0.29, 0.717) is 0 Å². The van der Waals surface area contributed by atoms with Crippen LogP contribution in [0.1, 0.15) is 122 Å². The van der Waals surface area contributed by atoms with Crippen molar-refractivity contribution < 1.29 is 0 Å². The Morgan fingerprint density at radius 1 is 0.769 bits per heavy atom. The molecule has 0 heteroatoms. The first kappa shape index (κ1) is 19.1. The molecule has 4 aliphatic rings. The Morgan fingerprint density at radius 2 is 1.46 bits per heavy atom. The summed E-state index contributed by atoms with van der Waals surface area (Å²) in [6.07, 6.45) is 31.2. The van der Waals surface area contributed by atoms with E-state index in [9.17, 15) is 0 Å². The van der Waals surface area contributed by atoms with Crippen LogP contribution in [0.15, 0.2) is 11.6 Å². The molecule has 147 valence electrons. The van der Waals surface area contributed by atoms with E-state index in [4.69, 9.17) is 0 Å². The monoisotopic (exact) mass is 355 g/mol. The van der Waals surface area contributed by atoms with Gasteiger partial charge in [0.15, 0.2) is 0 Å². The fraction of sp³-hybridized carbons (Fsp3) is 0.885. The summed E-state index contributed by atoms with van der Waals surface area (Å²) in [6.45, 7) is 0. The van der Waals surface area contributed by atoms with Crippen molar-refractivity contribution in [3.05, 3.63) is 17.6 Å². The normalized spacial score (nSPS) is 28.0. The van der Waals surface area contributed by atoms with Crippen molar-refractivity contribution in [3.63, 3.8) is 0 Å². The lowest BCUT2D eigenvalue weighted by Gasteiger charge is -2.41. The molecule has 4 aliphatic carbocycles. The second-order valence-electron chi connectivity index (χ2n) is 10.1. The fourth-order valence-electron chi connectivity index (χ4n) is 7.04. The second-order valence-corrected chi connectivity index (χ2v) is 10.1. The highest BCUT2D eigenvalue weighted by Crippen LogP contribution is 2.50. The van der Waals surface area contributed by atoms with E-state index >= 15 is 0 Å². The highest BCUT2D eigenvalue weighted by molar-refractivity contribution is 5.30. The van der Waals surface area contributed by atoms with Crippen LogP contribution in [0.5, 0.6) is 0 Å². The van der Waals surface area contributed by atoms with Crippen LogP contribution in [0.3, 0.4) is 0 Å². The number of allylic oxidation sites excluding steroid dienone is 2. The molecule has 3 saturated carbocycles. The number of rotatable bonds is 7. The molecule has 4 rings (SSSR count). The highest BCUT2D eigenvalue weighted by Gasteiger charge is 2.39. The lowest BCUT2D eigenvalue weighted by Crippen LogP contribution is -2.30. The third kappa shape index (κ3) is 4.77. The van der Waals surface area contributed by atoms with Crippen molar-refractivity contribution in [3.8, 4) is 0 Å². The van der Waals surface area contributed by atoms with E-state index in [1.54, 1.807) is 38.5 Å². The minimum absolute atomic E-state index is 0.960. The molecule has 0 nitrogen and oxygen atoms in total. The van der Waals surface area contributed by atoms with E-state index in [0.717, 1.165) is 23.7 Å². The minimum atomic E-state index is 0.960. The van der Waals surface area contributed by atoms with Gasteiger partial charge in [-0.2, -0.15) is 0 Å². The summed E-state index contributed by atoms with van der Waals surface area (Å²) in [5.74, 6) is 6.07. The zero-order valence-corrected chi connectivity index (χ0v) is 17.3.